The molecule has 0 bridgehead atoms. The van der Waals surface area contributed by atoms with E-state index < -0.39 is 10.0 Å². The Morgan fingerprint density at radius 1 is 1.23 bits per heavy atom. The van der Waals surface area contributed by atoms with E-state index in [0.717, 1.165) is 29.7 Å². The van der Waals surface area contributed by atoms with Gasteiger partial charge >= 0.3 is 0 Å². The van der Waals surface area contributed by atoms with E-state index in [-0.39, 0.29) is 10.0 Å². The number of benzene rings is 1. The van der Waals surface area contributed by atoms with Gasteiger partial charge in [-0.25, -0.2) is 17.8 Å². The van der Waals surface area contributed by atoms with E-state index in [0.29, 0.717) is 24.0 Å². The number of nitrogens with zero attached hydrogens (tertiary/aromatic N) is 2. The van der Waals surface area contributed by atoms with Crippen LogP contribution < -0.4 is 0 Å². The summed E-state index contributed by atoms with van der Waals surface area (Å²) in [6.45, 7) is 3.27. The van der Waals surface area contributed by atoms with Crippen molar-refractivity contribution in [2.24, 2.45) is 5.92 Å². The second kappa shape index (κ2) is 6.06. The highest BCUT2D eigenvalue weighted by Gasteiger charge is 2.29. The highest BCUT2D eigenvalue weighted by atomic mass is 32.2. The smallest absolute Gasteiger partial charge is 0.243 e. The zero-order valence-electron chi connectivity index (χ0n) is 12.2. The van der Waals surface area contributed by atoms with Gasteiger partial charge < -0.3 is 0 Å². The molecule has 0 atom stereocenters. The third-order valence-corrected chi connectivity index (χ3v) is 7.29. The molecule has 0 spiro atoms. The molecule has 1 fully saturated rings. The standard InChI is InChI=1S/C15H17FN2O2S2/c1-11-6-8-18(9-7-11)22(19,20)14-10-17-15(21-14)12-2-4-13(16)5-3-12/h2-5,10-11H,6-9H2,1H3. The van der Waals surface area contributed by atoms with Gasteiger partial charge in [-0.15, -0.1) is 11.3 Å². The first-order valence-corrected chi connectivity index (χ1v) is 9.44. The maximum Gasteiger partial charge on any atom is 0.254 e. The Bertz CT molecular complexity index is 748. The molecule has 0 aliphatic carbocycles. The second-order valence-corrected chi connectivity index (χ2v) is 8.77. The zero-order valence-corrected chi connectivity index (χ0v) is 13.8. The highest BCUT2D eigenvalue weighted by molar-refractivity contribution is 7.91. The fourth-order valence-corrected chi connectivity index (χ4v) is 5.22. The maximum absolute atomic E-state index is 13.0. The van der Waals surface area contributed by atoms with Crippen LogP contribution in [0.25, 0.3) is 10.6 Å². The minimum absolute atomic E-state index is 0.251. The lowest BCUT2D eigenvalue weighted by Crippen LogP contribution is -2.37. The summed E-state index contributed by atoms with van der Waals surface area (Å²) >= 11 is 1.13. The van der Waals surface area contributed by atoms with Crippen LogP contribution in [0.2, 0.25) is 0 Å². The Hall–Kier alpha value is -1.31. The molecule has 0 amide bonds. The highest BCUT2D eigenvalue weighted by Crippen LogP contribution is 2.31. The molecule has 1 aromatic carbocycles. The summed E-state index contributed by atoms with van der Waals surface area (Å²) in [5.74, 6) is 0.248. The Balaban J connectivity index is 1.85. The van der Waals surface area contributed by atoms with Crippen molar-refractivity contribution in [2.75, 3.05) is 13.1 Å². The van der Waals surface area contributed by atoms with E-state index in [2.05, 4.69) is 11.9 Å². The van der Waals surface area contributed by atoms with Gasteiger partial charge in [0, 0.05) is 18.7 Å². The third kappa shape index (κ3) is 3.06. The van der Waals surface area contributed by atoms with Crippen LogP contribution >= 0.6 is 11.3 Å². The number of aromatic nitrogens is 1. The van der Waals surface area contributed by atoms with Gasteiger partial charge in [-0.2, -0.15) is 4.31 Å². The maximum atomic E-state index is 13.0. The lowest BCUT2D eigenvalue weighted by atomic mass is 10.0. The molecule has 2 heterocycles. The van der Waals surface area contributed by atoms with Crippen molar-refractivity contribution in [1.82, 2.24) is 9.29 Å². The van der Waals surface area contributed by atoms with Crippen LogP contribution in [0.5, 0.6) is 0 Å². The van der Waals surface area contributed by atoms with Crippen molar-refractivity contribution in [1.29, 1.82) is 0 Å². The van der Waals surface area contributed by atoms with Crippen LogP contribution in [0.4, 0.5) is 4.39 Å². The van der Waals surface area contributed by atoms with Gasteiger partial charge in [0.1, 0.15) is 10.8 Å². The van der Waals surface area contributed by atoms with E-state index in [9.17, 15) is 12.8 Å². The van der Waals surface area contributed by atoms with E-state index in [1.165, 1.54) is 22.6 Å². The molecule has 1 aromatic heterocycles. The Kier molecular flexibility index (Phi) is 4.29. The molecule has 0 N–H and O–H groups in total. The van der Waals surface area contributed by atoms with Gasteiger partial charge in [0.15, 0.2) is 4.21 Å². The number of thiazole rings is 1. The monoisotopic (exact) mass is 340 g/mol. The molecule has 7 heteroatoms. The minimum atomic E-state index is -3.47. The van der Waals surface area contributed by atoms with Gasteiger partial charge in [0.25, 0.3) is 10.0 Å². The van der Waals surface area contributed by atoms with Crippen molar-refractivity contribution in [3.8, 4) is 10.6 Å². The van der Waals surface area contributed by atoms with Gasteiger partial charge in [-0.3, -0.25) is 0 Å². The molecular formula is C15H17FN2O2S2. The Morgan fingerprint density at radius 2 is 1.86 bits per heavy atom. The second-order valence-electron chi connectivity index (χ2n) is 5.58. The van der Waals surface area contributed by atoms with Crippen LogP contribution in [-0.2, 0) is 10.0 Å². The number of piperidine rings is 1. The number of halogens is 1. The number of hydrogen-bond acceptors (Lipinski definition) is 4. The molecule has 4 nitrogen and oxygen atoms in total. The van der Waals surface area contributed by atoms with Gasteiger partial charge in [0.2, 0.25) is 0 Å². The fraction of sp³-hybridized carbons (Fsp3) is 0.400. The SMILES string of the molecule is CC1CCN(S(=O)(=O)c2cnc(-c3ccc(F)cc3)s2)CC1. The predicted molar refractivity (Wildman–Crippen MR) is 84.7 cm³/mol. The predicted octanol–water partition coefficient (Wildman–Crippen LogP) is 3.37. The summed E-state index contributed by atoms with van der Waals surface area (Å²) in [6.07, 6.45) is 3.18. The topological polar surface area (TPSA) is 50.3 Å². The van der Waals surface area contributed by atoms with E-state index in [1.807, 2.05) is 0 Å². The molecule has 3 rings (SSSR count). The summed E-state index contributed by atoms with van der Waals surface area (Å²) in [6, 6.07) is 5.90. The largest absolute Gasteiger partial charge is 0.254 e. The van der Waals surface area contributed by atoms with Crippen molar-refractivity contribution in [2.45, 2.75) is 24.0 Å². The molecule has 1 saturated heterocycles. The zero-order chi connectivity index (χ0) is 15.7. The molecule has 1 aliphatic rings. The van der Waals surface area contributed by atoms with Crippen molar-refractivity contribution in [3.63, 3.8) is 0 Å². The molecule has 2 aromatic rings. The van der Waals surface area contributed by atoms with Crippen molar-refractivity contribution >= 4 is 21.4 Å². The molecule has 0 radical (unpaired) electrons. The van der Waals surface area contributed by atoms with E-state index in [1.54, 1.807) is 12.1 Å². The average Bonchev–Trinajstić information content (AvgIpc) is 2.99. The summed E-state index contributed by atoms with van der Waals surface area (Å²) in [7, 11) is -3.47. The number of rotatable bonds is 3. The Morgan fingerprint density at radius 3 is 2.50 bits per heavy atom. The average molecular weight is 340 g/mol. The summed E-state index contributed by atoms with van der Waals surface area (Å²) in [4.78, 5) is 4.18. The molecule has 22 heavy (non-hydrogen) atoms. The molecular weight excluding hydrogens is 323 g/mol. The Labute approximate surface area is 133 Å². The van der Waals surface area contributed by atoms with Gasteiger partial charge in [0.05, 0.1) is 6.20 Å². The summed E-state index contributed by atoms with van der Waals surface area (Å²) in [5.41, 5.74) is 0.722. The van der Waals surface area contributed by atoms with Crippen LogP contribution in [0, 0.1) is 11.7 Å². The third-order valence-electron chi connectivity index (χ3n) is 3.91. The minimum Gasteiger partial charge on any atom is -0.243 e. The van der Waals surface area contributed by atoms with Crippen molar-refractivity contribution in [3.05, 3.63) is 36.3 Å². The fourth-order valence-electron chi connectivity index (χ4n) is 2.46. The van der Waals surface area contributed by atoms with E-state index >= 15 is 0 Å². The first kappa shape index (κ1) is 15.6. The van der Waals surface area contributed by atoms with Crippen LogP contribution in [0.3, 0.4) is 0 Å². The molecule has 0 saturated carbocycles. The molecule has 1 aliphatic heterocycles. The molecule has 0 unspecified atom stereocenters. The number of hydrogen-bond donors (Lipinski definition) is 0. The normalized spacial score (nSPS) is 17.7. The van der Waals surface area contributed by atoms with Gasteiger partial charge in [-0.05, 0) is 43.0 Å². The van der Waals surface area contributed by atoms with Crippen LogP contribution in [-0.4, -0.2) is 30.8 Å². The van der Waals surface area contributed by atoms with Crippen LogP contribution in [0.15, 0.2) is 34.7 Å². The van der Waals surface area contributed by atoms with E-state index in [4.69, 9.17) is 0 Å². The number of sulfonamides is 1. The van der Waals surface area contributed by atoms with Crippen molar-refractivity contribution < 1.29 is 12.8 Å². The molecule has 118 valence electrons. The quantitative estimate of drug-likeness (QED) is 0.861. The first-order chi connectivity index (χ1) is 10.5. The summed E-state index contributed by atoms with van der Waals surface area (Å²) < 4.78 is 40.0. The van der Waals surface area contributed by atoms with Crippen LogP contribution in [0.1, 0.15) is 19.8 Å². The summed E-state index contributed by atoms with van der Waals surface area (Å²) in [5, 5.41) is 0.587. The first-order valence-electron chi connectivity index (χ1n) is 7.19. The van der Waals surface area contributed by atoms with Gasteiger partial charge in [-0.1, -0.05) is 6.92 Å². The lowest BCUT2D eigenvalue weighted by Gasteiger charge is -2.28. The lowest BCUT2D eigenvalue weighted by molar-refractivity contribution is 0.288.